The first-order chi connectivity index (χ1) is 8.45. The second-order valence-corrected chi connectivity index (χ2v) is 4.95. The fraction of sp³-hybridized carbons (Fsp3) is 0.308. The van der Waals surface area contributed by atoms with Crippen molar-refractivity contribution in [1.82, 2.24) is 9.36 Å². The molecule has 0 spiro atoms. The van der Waals surface area contributed by atoms with Gasteiger partial charge in [0.2, 0.25) is 0 Å². The van der Waals surface area contributed by atoms with Crippen LogP contribution in [0.2, 0.25) is 5.02 Å². The monoisotopic (exact) mass is 265 g/mol. The largest absolute Gasteiger partial charge is 0.393 e. The maximum Gasteiger partial charge on any atom is 0.294 e. The number of benzene rings is 1. The van der Waals surface area contributed by atoms with Gasteiger partial charge in [0.1, 0.15) is 5.69 Å². The number of rotatable bonds is 2. The lowest BCUT2D eigenvalue weighted by molar-refractivity contribution is 0.595. The van der Waals surface area contributed by atoms with E-state index in [2.05, 4.69) is 0 Å². The van der Waals surface area contributed by atoms with Crippen LogP contribution in [0.3, 0.4) is 0 Å². The number of halogens is 1. The molecule has 0 saturated carbocycles. The van der Waals surface area contributed by atoms with Gasteiger partial charge < -0.3 is 5.73 Å². The second-order valence-electron chi connectivity index (χ2n) is 4.55. The molecular weight excluding hydrogens is 250 g/mol. The molecule has 18 heavy (non-hydrogen) atoms. The lowest BCUT2D eigenvalue weighted by Gasteiger charge is -2.12. The summed E-state index contributed by atoms with van der Waals surface area (Å²) in [6.07, 6.45) is 0. The minimum Gasteiger partial charge on any atom is -0.393 e. The summed E-state index contributed by atoms with van der Waals surface area (Å²) in [4.78, 5) is 12.2. The highest BCUT2D eigenvalue weighted by molar-refractivity contribution is 6.32. The Morgan fingerprint density at radius 1 is 1.28 bits per heavy atom. The molecule has 0 saturated heterocycles. The van der Waals surface area contributed by atoms with Gasteiger partial charge in [0.25, 0.3) is 5.56 Å². The van der Waals surface area contributed by atoms with E-state index >= 15 is 0 Å². The van der Waals surface area contributed by atoms with E-state index in [1.54, 1.807) is 16.8 Å². The molecule has 0 aliphatic carbocycles. The van der Waals surface area contributed by atoms with Crippen LogP contribution in [0.1, 0.15) is 25.5 Å². The van der Waals surface area contributed by atoms with Gasteiger partial charge in [-0.15, -0.1) is 0 Å². The van der Waals surface area contributed by atoms with Gasteiger partial charge in [-0.2, -0.15) is 0 Å². The van der Waals surface area contributed by atoms with Gasteiger partial charge in [0.05, 0.1) is 16.4 Å². The van der Waals surface area contributed by atoms with Crippen molar-refractivity contribution in [3.8, 4) is 5.69 Å². The van der Waals surface area contributed by atoms with Crippen molar-refractivity contribution < 1.29 is 0 Å². The van der Waals surface area contributed by atoms with Crippen molar-refractivity contribution in [3.63, 3.8) is 0 Å². The van der Waals surface area contributed by atoms with Crippen LogP contribution in [-0.2, 0) is 7.05 Å². The first-order valence-electron chi connectivity index (χ1n) is 5.77. The van der Waals surface area contributed by atoms with Crippen LogP contribution in [0.25, 0.3) is 5.69 Å². The Labute approximate surface area is 111 Å². The first kappa shape index (κ1) is 12.8. The molecule has 0 bridgehead atoms. The predicted molar refractivity (Wildman–Crippen MR) is 74.5 cm³/mol. The third-order valence-electron chi connectivity index (χ3n) is 2.97. The summed E-state index contributed by atoms with van der Waals surface area (Å²) in [7, 11) is 1.82. The molecule has 0 aliphatic heterocycles. The summed E-state index contributed by atoms with van der Waals surface area (Å²) < 4.78 is 3.27. The van der Waals surface area contributed by atoms with E-state index in [1.807, 2.05) is 33.0 Å². The molecule has 2 rings (SSSR count). The van der Waals surface area contributed by atoms with Gasteiger partial charge in [-0.05, 0) is 18.1 Å². The molecule has 0 radical (unpaired) electrons. The summed E-state index contributed by atoms with van der Waals surface area (Å²) in [6, 6.07) is 7.22. The molecule has 1 aromatic heterocycles. The summed E-state index contributed by atoms with van der Waals surface area (Å²) >= 11 is 6.13. The van der Waals surface area contributed by atoms with Gasteiger partial charge in [0, 0.05) is 7.05 Å². The molecular formula is C13H16ClN3O. The van der Waals surface area contributed by atoms with E-state index in [4.69, 9.17) is 17.3 Å². The van der Waals surface area contributed by atoms with Gasteiger partial charge in [-0.1, -0.05) is 37.6 Å². The molecule has 4 nitrogen and oxygen atoms in total. The Bertz CT molecular complexity index is 640. The molecule has 0 unspecified atom stereocenters. The van der Waals surface area contributed by atoms with Crippen LogP contribution in [0, 0.1) is 0 Å². The first-order valence-corrected chi connectivity index (χ1v) is 6.15. The highest BCUT2D eigenvalue weighted by Gasteiger charge is 2.19. The van der Waals surface area contributed by atoms with Crippen LogP contribution in [-0.4, -0.2) is 9.36 Å². The van der Waals surface area contributed by atoms with Crippen molar-refractivity contribution in [1.29, 1.82) is 0 Å². The summed E-state index contributed by atoms with van der Waals surface area (Å²) in [5.41, 5.74) is 7.42. The fourth-order valence-corrected chi connectivity index (χ4v) is 2.44. The number of nitrogens with two attached hydrogens (primary N) is 1. The average molecular weight is 266 g/mol. The molecule has 0 atom stereocenters. The zero-order valence-corrected chi connectivity index (χ0v) is 11.4. The van der Waals surface area contributed by atoms with Gasteiger partial charge in [0.15, 0.2) is 0 Å². The summed E-state index contributed by atoms with van der Waals surface area (Å²) in [5, 5.41) is 0.524. The Morgan fingerprint density at radius 3 is 2.39 bits per heavy atom. The van der Waals surface area contributed by atoms with Crippen LogP contribution >= 0.6 is 11.6 Å². The number of para-hydroxylation sites is 1. The number of hydrogen-bond donors (Lipinski definition) is 1. The highest BCUT2D eigenvalue weighted by atomic mass is 35.5. The maximum absolute atomic E-state index is 12.2. The Kier molecular flexibility index (Phi) is 3.22. The maximum atomic E-state index is 12.2. The minimum atomic E-state index is -0.227. The van der Waals surface area contributed by atoms with Gasteiger partial charge in [-0.25, -0.2) is 4.68 Å². The number of anilines is 1. The van der Waals surface area contributed by atoms with E-state index in [0.717, 1.165) is 5.69 Å². The Morgan fingerprint density at radius 2 is 1.89 bits per heavy atom. The number of aromatic nitrogens is 2. The van der Waals surface area contributed by atoms with Crippen molar-refractivity contribution in [3.05, 3.63) is 45.3 Å². The second kappa shape index (κ2) is 4.53. The van der Waals surface area contributed by atoms with Gasteiger partial charge in [-0.3, -0.25) is 9.48 Å². The molecule has 0 amide bonds. The third kappa shape index (κ3) is 1.82. The topological polar surface area (TPSA) is 53.0 Å². The Hall–Kier alpha value is -1.68. The van der Waals surface area contributed by atoms with Crippen molar-refractivity contribution in [2.45, 2.75) is 19.8 Å². The van der Waals surface area contributed by atoms with E-state index in [0.29, 0.717) is 10.7 Å². The normalized spacial score (nSPS) is 11.2. The number of hydrogen-bond acceptors (Lipinski definition) is 2. The SMILES string of the molecule is CC(C)c1c(N)c(=O)n(-c2ccccc2Cl)n1C. The molecule has 96 valence electrons. The van der Waals surface area contributed by atoms with E-state index in [1.165, 1.54) is 4.68 Å². The van der Waals surface area contributed by atoms with Crippen molar-refractivity contribution in [2.24, 2.45) is 7.05 Å². The van der Waals surface area contributed by atoms with Gasteiger partial charge >= 0.3 is 0 Å². The fourth-order valence-electron chi connectivity index (χ4n) is 2.22. The summed E-state index contributed by atoms with van der Waals surface area (Å²) in [6.45, 7) is 4.00. The van der Waals surface area contributed by atoms with E-state index in [-0.39, 0.29) is 17.2 Å². The molecule has 2 N–H and O–H groups in total. The quantitative estimate of drug-likeness (QED) is 0.907. The standard InChI is InChI=1S/C13H16ClN3O/c1-8(2)12-11(15)13(18)17(16(12)3)10-7-5-4-6-9(10)14/h4-8H,15H2,1-3H3. The predicted octanol–water partition coefficient (Wildman–Crippen LogP) is 2.54. The van der Waals surface area contributed by atoms with Crippen molar-refractivity contribution >= 4 is 17.3 Å². The molecule has 0 fully saturated rings. The third-order valence-corrected chi connectivity index (χ3v) is 3.29. The molecule has 2 aromatic rings. The lowest BCUT2D eigenvalue weighted by atomic mass is 10.1. The van der Waals surface area contributed by atoms with Crippen LogP contribution in [0.4, 0.5) is 5.69 Å². The molecule has 0 aliphatic rings. The molecule has 1 aromatic carbocycles. The number of nitrogens with zero attached hydrogens (tertiary/aromatic N) is 2. The molecule has 1 heterocycles. The Balaban J connectivity index is 2.78. The molecule has 5 heteroatoms. The number of nitrogen functional groups attached to an aromatic ring is 1. The zero-order chi connectivity index (χ0) is 13.4. The average Bonchev–Trinajstić information content (AvgIpc) is 2.52. The minimum absolute atomic E-state index is 0.173. The van der Waals surface area contributed by atoms with E-state index < -0.39 is 0 Å². The van der Waals surface area contributed by atoms with Crippen LogP contribution in [0.15, 0.2) is 29.1 Å². The van der Waals surface area contributed by atoms with Crippen molar-refractivity contribution in [2.75, 3.05) is 5.73 Å². The lowest BCUT2D eigenvalue weighted by Crippen LogP contribution is -2.21. The van der Waals surface area contributed by atoms with Crippen LogP contribution < -0.4 is 11.3 Å². The summed E-state index contributed by atoms with van der Waals surface area (Å²) in [5.74, 6) is 0.173. The zero-order valence-electron chi connectivity index (χ0n) is 10.6. The smallest absolute Gasteiger partial charge is 0.294 e. The van der Waals surface area contributed by atoms with Crippen LogP contribution in [0.5, 0.6) is 0 Å². The highest BCUT2D eigenvalue weighted by Crippen LogP contribution is 2.23. The van der Waals surface area contributed by atoms with E-state index in [9.17, 15) is 4.79 Å².